The Bertz CT molecular complexity index is 536. The third kappa shape index (κ3) is 6.71. The molecule has 2 aliphatic rings. The molecule has 2 unspecified atom stereocenters. The number of halogens is 2. The van der Waals surface area contributed by atoms with Crippen molar-refractivity contribution in [3.8, 4) is 0 Å². The molecule has 2 aliphatic heterocycles. The van der Waals surface area contributed by atoms with Crippen molar-refractivity contribution in [2.45, 2.75) is 51.4 Å². The van der Waals surface area contributed by atoms with Gasteiger partial charge in [-0.15, -0.1) is 24.8 Å². The number of amides is 1. The molecule has 7 heteroatoms. The largest absolute Gasteiger partial charge is 0.378 e. The summed E-state index contributed by atoms with van der Waals surface area (Å²) < 4.78 is 5.32. The Morgan fingerprint density at radius 1 is 1.23 bits per heavy atom. The molecule has 0 radical (unpaired) electrons. The van der Waals surface area contributed by atoms with E-state index in [4.69, 9.17) is 4.74 Å². The first-order valence-electron chi connectivity index (χ1n) is 9.13. The van der Waals surface area contributed by atoms with E-state index in [9.17, 15) is 4.79 Å². The third-order valence-electron chi connectivity index (χ3n) is 5.05. The molecule has 0 spiro atoms. The maximum Gasteiger partial charge on any atom is 0.239 e. The average molecular weight is 404 g/mol. The lowest BCUT2D eigenvalue weighted by molar-refractivity contribution is -0.126. The zero-order chi connectivity index (χ0) is 16.8. The van der Waals surface area contributed by atoms with Gasteiger partial charge >= 0.3 is 0 Å². The number of piperidine rings is 1. The first-order valence-corrected chi connectivity index (χ1v) is 9.13. The van der Waals surface area contributed by atoms with Crippen LogP contribution in [0.1, 0.15) is 37.3 Å². The fourth-order valence-electron chi connectivity index (χ4n) is 3.44. The van der Waals surface area contributed by atoms with Gasteiger partial charge in [-0.2, -0.15) is 0 Å². The van der Waals surface area contributed by atoms with Crippen LogP contribution in [0, 0.1) is 0 Å². The molecular formula is C19H31Cl2N3O2. The molecule has 0 saturated carbocycles. The van der Waals surface area contributed by atoms with Gasteiger partial charge in [-0.1, -0.05) is 30.7 Å². The number of rotatable bonds is 5. The minimum Gasteiger partial charge on any atom is -0.378 e. The Morgan fingerprint density at radius 3 is 2.62 bits per heavy atom. The van der Waals surface area contributed by atoms with Crippen LogP contribution in [0.4, 0.5) is 0 Å². The predicted molar refractivity (Wildman–Crippen MR) is 109 cm³/mol. The molecule has 2 saturated heterocycles. The summed E-state index contributed by atoms with van der Waals surface area (Å²) in [6.07, 6.45) is 3.98. The number of carbonyl (C=O) groups excluding carboxylic acids is 1. The van der Waals surface area contributed by atoms with E-state index >= 15 is 0 Å². The number of hydrogen-bond acceptors (Lipinski definition) is 4. The summed E-state index contributed by atoms with van der Waals surface area (Å²) in [4.78, 5) is 14.6. The zero-order valence-electron chi connectivity index (χ0n) is 15.4. The van der Waals surface area contributed by atoms with Crippen LogP contribution >= 0.6 is 24.8 Å². The van der Waals surface area contributed by atoms with Crippen LogP contribution in [0.2, 0.25) is 0 Å². The third-order valence-corrected chi connectivity index (χ3v) is 5.05. The highest BCUT2D eigenvalue weighted by atomic mass is 35.5. The summed E-state index contributed by atoms with van der Waals surface area (Å²) in [6, 6.07) is 9.07. The van der Waals surface area contributed by atoms with Gasteiger partial charge in [0.2, 0.25) is 5.91 Å². The fourth-order valence-corrected chi connectivity index (χ4v) is 3.44. The molecule has 148 valence electrons. The highest BCUT2D eigenvalue weighted by Gasteiger charge is 2.21. The molecule has 1 aromatic carbocycles. The molecule has 2 fully saturated rings. The molecule has 0 aromatic heterocycles. The van der Waals surface area contributed by atoms with Crippen LogP contribution in [0.3, 0.4) is 0 Å². The quantitative estimate of drug-likeness (QED) is 0.792. The summed E-state index contributed by atoms with van der Waals surface area (Å²) in [7, 11) is 0. The Labute approximate surface area is 169 Å². The highest BCUT2D eigenvalue weighted by molar-refractivity contribution is 5.85. The summed E-state index contributed by atoms with van der Waals surface area (Å²) in [5, 5.41) is 6.16. The molecule has 26 heavy (non-hydrogen) atoms. The predicted octanol–water partition coefficient (Wildman–Crippen LogP) is 2.51. The van der Waals surface area contributed by atoms with Gasteiger partial charge in [0.1, 0.15) is 6.04 Å². The van der Waals surface area contributed by atoms with Gasteiger partial charge < -0.3 is 15.4 Å². The minimum atomic E-state index is -0.224. The van der Waals surface area contributed by atoms with E-state index in [1.807, 2.05) is 0 Å². The van der Waals surface area contributed by atoms with Crippen molar-refractivity contribution in [3.63, 3.8) is 0 Å². The van der Waals surface area contributed by atoms with Crippen LogP contribution in [-0.2, 0) is 22.6 Å². The second-order valence-corrected chi connectivity index (χ2v) is 6.93. The molecule has 1 aromatic rings. The van der Waals surface area contributed by atoms with Crippen molar-refractivity contribution in [1.82, 2.24) is 15.5 Å². The second-order valence-electron chi connectivity index (χ2n) is 6.93. The fraction of sp³-hybridized carbons (Fsp3) is 0.632. The standard InChI is InChI=1S/C19H29N3O2.2ClH/c1-15-4-2-3-10-22(15)13-17-7-5-16(6-8-17)12-21-19(23)18-14-24-11-9-20-18;;/h5-8,15,18,20H,2-4,9-14H2,1H3,(H,21,23);2*1H. The van der Waals surface area contributed by atoms with Gasteiger partial charge in [-0.25, -0.2) is 0 Å². The van der Waals surface area contributed by atoms with E-state index in [0.717, 1.165) is 18.7 Å². The summed E-state index contributed by atoms with van der Waals surface area (Å²) >= 11 is 0. The normalized spacial score (nSPS) is 23.4. The first-order chi connectivity index (χ1) is 11.7. The molecule has 0 aliphatic carbocycles. The SMILES string of the molecule is CC1CCCCN1Cc1ccc(CNC(=O)C2COCCN2)cc1.Cl.Cl. The lowest BCUT2D eigenvalue weighted by Gasteiger charge is -2.33. The smallest absolute Gasteiger partial charge is 0.239 e. The van der Waals surface area contributed by atoms with Gasteiger partial charge in [0, 0.05) is 25.7 Å². The maximum atomic E-state index is 12.1. The number of morpholine rings is 1. The van der Waals surface area contributed by atoms with Gasteiger partial charge in [0.25, 0.3) is 0 Å². The van der Waals surface area contributed by atoms with Crippen molar-refractivity contribution in [2.24, 2.45) is 0 Å². The number of nitrogens with one attached hydrogen (secondary N) is 2. The molecule has 2 atom stereocenters. The Kier molecular flexibility index (Phi) is 10.5. The van der Waals surface area contributed by atoms with Crippen molar-refractivity contribution >= 4 is 30.7 Å². The molecule has 2 heterocycles. The van der Waals surface area contributed by atoms with Gasteiger partial charge in [-0.05, 0) is 37.4 Å². The van der Waals surface area contributed by atoms with Crippen LogP contribution in [0.25, 0.3) is 0 Å². The first kappa shape index (κ1) is 23.2. The summed E-state index contributed by atoms with van der Waals surface area (Å²) in [5.41, 5.74) is 2.48. The Hall–Kier alpha value is -0.850. The van der Waals surface area contributed by atoms with Crippen LogP contribution in [0.15, 0.2) is 24.3 Å². The molecular weight excluding hydrogens is 373 g/mol. The molecule has 0 bridgehead atoms. The molecule has 5 nitrogen and oxygen atoms in total. The van der Waals surface area contributed by atoms with E-state index in [0.29, 0.717) is 25.8 Å². The monoisotopic (exact) mass is 403 g/mol. The van der Waals surface area contributed by atoms with Crippen molar-refractivity contribution in [1.29, 1.82) is 0 Å². The van der Waals surface area contributed by atoms with E-state index in [1.165, 1.54) is 31.4 Å². The Morgan fingerprint density at radius 2 is 1.96 bits per heavy atom. The highest BCUT2D eigenvalue weighted by Crippen LogP contribution is 2.19. The molecule has 3 rings (SSSR count). The maximum absolute atomic E-state index is 12.1. The number of likely N-dealkylation sites (tertiary alicyclic amines) is 1. The number of hydrogen-bond donors (Lipinski definition) is 2. The van der Waals surface area contributed by atoms with Crippen molar-refractivity contribution in [2.75, 3.05) is 26.3 Å². The van der Waals surface area contributed by atoms with Gasteiger partial charge in [0.05, 0.1) is 13.2 Å². The summed E-state index contributed by atoms with van der Waals surface area (Å²) in [5.74, 6) is 0.0147. The summed E-state index contributed by atoms with van der Waals surface area (Å²) in [6.45, 7) is 7.00. The lowest BCUT2D eigenvalue weighted by Crippen LogP contribution is -2.51. The van der Waals surface area contributed by atoms with Crippen molar-refractivity contribution in [3.05, 3.63) is 35.4 Å². The van der Waals surface area contributed by atoms with Crippen LogP contribution in [-0.4, -0.2) is 49.2 Å². The van der Waals surface area contributed by atoms with Gasteiger partial charge in [0.15, 0.2) is 0 Å². The van der Waals surface area contributed by atoms with Crippen LogP contribution < -0.4 is 10.6 Å². The van der Waals surface area contributed by atoms with E-state index in [-0.39, 0.29) is 36.8 Å². The number of benzene rings is 1. The molecule has 2 N–H and O–H groups in total. The van der Waals surface area contributed by atoms with Gasteiger partial charge in [-0.3, -0.25) is 9.69 Å². The number of ether oxygens (including phenoxy) is 1. The van der Waals surface area contributed by atoms with E-state index < -0.39 is 0 Å². The minimum absolute atomic E-state index is 0. The number of nitrogens with zero attached hydrogens (tertiary/aromatic N) is 1. The lowest BCUT2D eigenvalue weighted by atomic mass is 10.0. The van der Waals surface area contributed by atoms with Crippen molar-refractivity contribution < 1.29 is 9.53 Å². The number of carbonyl (C=O) groups is 1. The average Bonchev–Trinajstić information content (AvgIpc) is 2.63. The van der Waals surface area contributed by atoms with E-state index in [1.54, 1.807) is 0 Å². The second kappa shape index (κ2) is 11.8. The zero-order valence-corrected chi connectivity index (χ0v) is 17.0. The topological polar surface area (TPSA) is 53.6 Å². The molecule has 1 amide bonds. The Balaban J connectivity index is 0.00000169. The van der Waals surface area contributed by atoms with E-state index in [2.05, 4.69) is 46.7 Å². The van der Waals surface area contributed by atoms with Crippen LogP contribution in [0.5, 0.6) is 0 Å².